The smallest absolute Gasteiger partial charge is 0.0705 e. The van der Waals surface area contributed by atoms with Gasteiger partial charge in [0.25, 0.3) is 0 Å². The zero-order valence-corrected chi connectivity index (χ0v) is 11.5. The lowest BCUT2D eigenvalue weighted by Crippen LogP contribution is -2.45. The molecule has 1 N–H and O–H groups in total. The molecule has 2 heterocycles. The lowest BCUT2D eigenvalue weighted by molar-refractivity contribution is 0.170. The molecule has 1 fully saturated rings. The van der Waals surface area contributed by atoms with Crippen molar-refractivity contribution < 1.29 is 0 Å². The molecule has 1 atom stereocenters. The summed E-state index contributed by atoms with van der Waals surface area (Å²) in [6.45, 7) is 6.74. The number of aromatic nitrogens is 1. The second-order valence-corrected chi connectivity index (χ2v) is 5.13. The van der Waals surface area contributed by atoms with Crippen molar-refractivity contribution in [2.75, 3.05) is 26.2 Å². The monoisotopic (exact) mass is 255 g/mol. The van der Waals surface area contributed by atoms with Crippen molar-refractivity contribution in [3.05, 3.63) is 42.1 Å². The lowest BCUT2D eigenvalue weighted by atomic mass is 9.98. The predicted molar refractivity (Wildman–Crippen MR) is 79.2 cm³/mol. The van der Waals surface area contributed by atoms with Crippen LogP contribution in [0.25, 0.3) is 10.9 Å². The summed E-state index contributed by atoms with van der Waals surface area (Å²) in [5, 5.41) is 4.73. The number of rotatable bonds is 3. The van der Waals surface area contributed by atoms with Gasteiger partial charge in [0.15, 0.2) is 0 Å². The second kappa shape index (κ2) is 5.68. The van der Waals surface area contributed by atoms with Crippen molar-refractivity contribution in [3.63, 3.8) is 0 Å². The molecule has 1 saturated heterocycles. The molecule has 0 spiro atoms. The predicted octanol–water partition coefficient (Wildman–Crippen LogP) is 2.59. The Bertz CT molecular complexity index is 541. The maximum absolute atomic E-state index is 4.47. The minimum atomic E-state index is 0.509. The van der Waals surface area contributed by atoms with Crippen LogP contribution in [0.15, 0.2) is 36.5 Å². The molecule has 1 unspecified atom stereocenters. The maximum atomic E-state index is 4.47. The first-order chi connectivity index (χ1) is 9.40. The van der Waals surface area contributed by atoms with Gasteiger partial charge in [0, 0.05) is 43.8 Å². The number of piperazine rings is 1. The van der Waals surface area contributed by atoms with Gasteiger partial charge < -0.3 is 5.32 Å². The van der Waals surface area contributed by atoms with Crippen LogP contribution in [0.5, 0.6) is 0 Å². The van der Waals surface area contributed by atoms with Crippen LogP contribution in [0, 0.1) is 0 Å². The van der Waals surface area contributed by atoms with E-state index in [1.165, 1.54) is 10.9 Å². The number of nitrogens with zero attached hydrogens (tertiary/aromatic N) is 2. The SMILES string of the molecule is CCC(c1ccnc2ccccc12)N1CCNCC1. The van der Waals surface area contributed by atoms with Crippen LogP contribution >= 0.6 is 0 Å². The highest BCUT2D eigenvalue weighted by molar-refractivity contribution is 5.82. The Morgan fingerprint density at radius 3 is 2.79 bits per heavy atom. The highest BCUT2D eigenvalue weighted by Gasteiger charge is 2.21. The van der Waals surface area contributed by atoms with Crippen LogP contribution in [-0.4, -0.2) is 36.1 Å². The minimum Gasteiger partial charge on any atom is -0.314 e. The van der Waals surface area contributed by atoms with E-state index in [-0.39, 0.29) is 0 Å². The van der Waals surface area contributed by atoms with Gasteiger partial charge in [0.2, 0.25) is 0 Å². The number of fused-ring (bicyclic) bond motifs is 1. The zero-order chi connectivity index (χ0) is 13.1. The summed E-state index contributed by atoms with van der Waals surface area (Å²) < 4.78 is 0. The summed E-state index contributed by atoms with van der Waals surface area (Å²) in [5.74, 6) is 0. The number of hydrogen-bond donors (Lipinski definition) is 1. The molecule has 3 rings (SSSR count). The molecule has 0 saturated carbocycles. The van der Waals surface area contributed by atoms with Gasteiger partial charge in [0.05, 0.1) is 5.52 Å². The van der Waals surface area contributed by atoms with Crippen molar-refractivity contribution in [1.29, 1.82) is 0 Å². The molecule has 0 aliphatic carbocycles. The van der Waals surface area contributed by atoms with Crippen LogP contribution in [0.1, 0.15) is 24.9 Å². The molecule has 1 aliphatic rings. The quantitative estimate of drug-likeness (QED) is 0.913. The molecule has 2 aromatic rings. The highest BCUT2D eigenvalue weighted by Crippen LogP contribution is 2.29. The molecule has 1 aromatic heterocycles. The first-order valence-electron chi connectivity index (χ1n) is 7.18. The van der Waals surface area contributed by atoms with E-state index in [4.69, 9.17) is 0 Å². The van der Waals surface area contributed by atoms with Crippen LogP contribution in [0.4, 0.5) is 0 Å². The van der Waals surface area contributed by atoms with Gasteiger partial charge in [0.1, 0.15) is 0 Å². The molecule has 19 heavy (non-hydrogen) atoms. The Hall–Kier alpha value is -1.45. The van der Waals surface area contributed by atoms with E-state index in [9.17, 15) is 0 Å². The fourth-order valence-electron chi connectivity index (χ4n) is 3.08. The Kier molecular flexibility index (Phi) is 3.76. The van der Waals surface area contributed by atoms with Gasteiger partial charge in [-0.1, -0.05) is 25.1 Å². The topological polar surface area (TPSA) is 28.2 Å². The van der Waals surface area contributed by atoms with E-state index in [0.29, 0.717) is 6.04 Å². The fraction of sp³-hybridized carbons (Fsp3) is 0.438. The third kappa shape index (κ3) is 2.48. The van der Waals surface area contributed by atoms with E-state index in [1.54, 1.807) is 0 Å². The molecular formula is C16H21N3. The number of hydrogen-bond acceptors (Lipinski definition) is 3. The summed E-state index contributed by atoms with van der Waals surface area (Å²) in [6.07, 6.45) is 3.09. The zero-order valence-electron chi connectivity index (χ0n) is 11.5. The van der Waals surface area contributed by atoms with Crippen molar-refractivity contribution in [3.8, 4) is 0 Å². The largest absolute Gasteiger partial charge is 0.314 e. The third-order valence-electron chi connectivity index (χ3n) is 4.02. The highest BCUT2D eigenvalue weighted by atomic mass is 15.2. The summed E-state index contributed by atoms with van der Waals surface area (Å²) in [5.41, 5.74) is 2.53. The first kappa shape index (κ1) is 12.6. The molecule has 1 aromatic carbocycles. The van der Waals surface area contributed by atoms with Gasteiger partial charge in [-0.05, 0) is 24.1 Å². The number of nitrogens with one attached hydrogen (secondary N) is 1. The van der Waals surface area contributed by atoms with E-state index >= 15 is 0 Å². The Balaban J connectivity index is 2.00. The van der Waals surface area contributed by atoms with Crippen LogP contribution in [0.3, 0.4) is 0 Å². The van der Waals surface area contributed by atoms with E-state index in [0.717, 1.165) is 38.1 Å². The molecule has 0 radical (unpaired) electrons. The third-order valence-corrected chi connectivity index (χ3v) is 4.02. The fourth-order valence-corrected chi connectivity index (χ4v) is 3.08. The van der Waals surface area contributed by atoms with E-state index in [2.05, 4.69) is 52.5 Å². The average molecular weight is 255 g/mol. The summed E-state index contributed by atoms with van der Waals surface area (Å²) in [7, 11) is 0. The van der Waals surface area contributed by atoms with Gasteiger partial charge in [-0.2, -0.15) is 0 Å². The normalized spacial score (nSPS) is 18.6. The number of pyridine rings is 1. The van der Waals surface area contributed by atoms with Crippen molar-refractivity contribution in [1.82, 2.24) is 15.2 Å². The molecular weight excluding hydrogens is 234 g/mol. The molecule has 0 bridgehead atoms. The Morgan fingerprint density at radius 2 is 2.00 bits per heavy atom. The summed E-state index contributed by atoms with van der Waals surface area (Å²) >= 11 is 0. The van der Waals surface area contributed by atoms with E-state index < -0.39 is 0 Å². The molecule has 100 valence electrons. The van der Waals surface area contributed by atoms with Crippen LogP contribution in [-0.2, 0) is 0 Å². The maximum Gasteiger partial charge on any atom is 0.0705 e. The van der Waals surface area contributed by atoms with Crippen molar-refractivity contribution in [2.45, 2.75) is 19.4 Å². The second-order valence-electron chi connectivity index (χ2n) is 5.13. The number of para-hydroxylation sites is 1. The van der Waals surface area contributed by atoms with Gasteiger partial charge >= 0.3 is 0 Å². The Morgan fingerprint density at radius 1 is 1.21 bits per heavy atom. The van der Waals surface area contributed by atoms with Crippen molar-refractivity contribution >= 4 is 10.9 Å². The van der Waals surface area contributed by atoms with E-state index in [1.807, 2.05) is 6.20 Å². The van der Waals surface area contributed by atoms with Crippen molar-refractivity contribution in [2.24, 2.45) is 0 Å². The van der Waals surface area contributed by atoms with Crippen LogP contribution in [0.2, 0.25) is 0 Å². The molecule has 1 aliphatic heterocycles. The summed E-state index contributed by atoms with van der Waals surface area (Å²) in [6, 6.07) is 11.2. The van der Waals surface area contributed by atoms with Gasteiger partial charge in [-0.15, -0.1) is 0 Å². The minimum absolute atomic E-state index is 0.509. The Labute approximate surface area is 114 Å². The molecule has 0 amide bonds. The first-order valence-corrected chi connectivity index (χ1v) is 7.18. The molecule has 3 nitrogen and oxygen atoms in total. The average Bonchev–Trinajstić information content (AvgIpc) is 2.49. The number of benzene rings is 1. The van der Waals surface area contributed by atoms with Gasteiger partial charge in [-0.25, -0.2) is 0 Å². The van der Waals surface area contributed by atoms with Gasteiger partial charge in [-0.3, -0.25) is 9.88 Å². The summed E-state index contributed by atoms with van der Waals surface area (Å²) in [4.78, 5) is 7.07. The molecule has 3 heteroatoms. The standard InChI is InChI=1S/C16H21N3/c1-2-16(19-11-9-17-10-12-19)14-7-8-18-15-6-4-3-5-13(14)15/h3-8,16-17H,2,9-12H2,1H3. The lowest BCUT2D eigenvalue weighted by Gasteiger charge is -2.35. The van der Waals surface area contributed by atoms with Crippen LogP contribution < -0.4 is 5.32 Å².